The number of nitrogens with zero attached hydrogens (tertiary/aromatic N) is 3. The fourth-order valence-corrected chi connectivity index (χ4v) is 5.35. The van der Waals surface area contributed by atoms with E-state index in [0.717, 1.165) is 18.7 Å². The van der Waals surface area contributed by atoms with Crippen LogP contribution < -0.4 is 5.32 Å². The topological polar surface area (TPSA) is 90.0 Å². The Morgan fingerprint density at radius 2 is 1.83 bits per heavy atom. The van der Waals surface area contributed by atoms with Crippen LogP contribution in [0.3, 0.4) is 0 Å². The molecule has 3 aliphatic heterocycles. The van der Waals surface area contributed by atoms with Crippen LogP contribution in [0, 0.1) is 0 Å². The molecule has 8 heteroatoms. The first-order valence-corrected chi connectivity index (χ1v) is 12.1. The predicted octanol–water partition coefficient (Wildman–Crippen LogP) is 2.18. The number of rotatable bonds is 4. The van der Waals surface area contributed by atoms with Crippen LogP contribution >= 0.6 is 0 Å². The molecule has 1 unspecified atom stereocenters. The van der Waals surface area contributed by atoms with Gasteiger partial charge in [-0.3, -0.25) is 29.4 Å². The molecule has 3 aliphatic rings. The van der Waals surface area contributed by atoms with Crippen molar-refractivity contribution in [1.29, 1.82) is 0 Å². The number of nitrogens with one attached hydrogen (secondary N) is 1. The number of amides is 4. The Morgan fingerprint density at radius 3 is 2.54 bits per heavy atom. The second-order valence-electron chi connectivity index (χ2n) is 10.2. The molecule has 35 heavy (non-hydrogen) atoms. The van der Waals surface area contributed by atoms with Crippen LogP contribution in [0.4, 0.5) is 0 Å². The number of carbonyl (C=O) groups excluding carboxylic acids is 4. The highest BCUT2D eigenvalue weighted by Gasteiger charge is 2.40. The third-order valence-electron chi connectivity index (χ3n) is 7.35. The minimum absolute atomic E-state index is 0.0489. The van der Waals surface area contributed by atoms with E-state index in [2.05, 4.69) is 36.2 Å². The molecule has 2 saturated heterocycles. The van der Waals surface area contributed by atoms with E-state index in [1.54, 1.807) is 18.2 Å². The molecular weight excluding hydrogens is 444 g/mol. The van der Waals surface area contributed by atoms with Crippen molar-refractivity contribution < 1.29 is 19.2 Å². The van der Waals surface area contributed by atoms with E-state index in [0.29, 0.717) is 30.6 Å². The first-order valence-electron chi connectivity index (χ1n) is 12.1. The minimum Gasteiger partial charge on any atom is -0.336 e. The molecule has 2 aromatic carbocycles. The standard InChI is InChI=1S/C27H30N4O4/c1-27(2)17-29(12-13-30(27)15-18-6-4-3-5-7-18)25(34)19-8-9-21-20(14-19)16-31(26(21)35)22-10-11-23(32)28-24(22)33/h3-9,14,22H,10-13,15-17H2,1-2H3,(H,28,32,33). The lowest BCUT2D eigenvalue weighted by molar-refractivity contribution is -0.136. The number of hydrogen-bond donors (Lipinski definition) is 1. The number of imide groups is 1. The lowest BCUT2D eigenvalue weighted by Gasteiger charge is -2.47. The molecule has 182 valence electrons. The zero-order valence-electron chi connectivity index (χ0n) is 20.1. The van der Waals surface area contributed by atoms with Gasteiger partial charge in [-0.25, -0.2) is 0 Å². The molecule has 1 N–H and O–H groups in total. The van der Waals surface area contributed by atoms with E-state index in [9.17, 15) is 19.2 Å². The fraction of sp³-hybridized carbons (Fsp3) is 0.407. The van der Waals surface area contributed by atoms with Crippen molar-refractivity contribution in [3.63, 3.8) is 0 Å². The van der Waals surface area contributed by atoms with Gasteiger partial charge in [0.2, 0.25) is 11.8 Å². The molecule has 0 aromatic heterocycles. The van der Waals surface area contributed by atoms with E-state index in [1.165, 1.54) is 10.5 Å². The van der Waals surface area contributed by atoms with Crippen LogP contribution in [0.15, 0.2) is 48.5 Å². The summed E-state index contributed by atoms with van der Waals surface area (Å²) < 4.78 is 0. The normalized spacial score (nSPS) is 22.2. The maximum Gasteiger partial charge on any atom is 0.255 e. The van der Waals surface area contributed by atoms with Crippen molar-refractivity contribution in [3.05, 3.63) is 70.8 Å². The largest absolute Gasteiger partial charge is 0.336 e. The quantitative estimate of drug-likeness (QED) is 0.686. The van der Waals surface area contributed by atoms with Gasteiger partial charge in [0.05, 0.1) is 0 Å². The Bertz CT molecular complexity index is 1190. The predicted molar refractivity (Wildman–Crippen MR) is 129 cm³/mol. The molecule has 3 heterocycles. The van der Waals surface area contributed by atoms with E-state index in [4.69, 9.17) is 0 Å². The van der Waals surface area contributed by atoms with Crippen molar-refractivity contribution in [1.82, 2.24) is 20.0 Å². The second-order valence-corrected chi connectivity index (χ2v) is 10.2. The molecule has 5 rings (SSSR count). The number of piperazine rings is 1. The maximum absolute atomic E-state index is 13.4. The summed E-state index contributed by atoms with van der Waals surface area (Å²) in [6, 6.07) is 14.9. The molecule has 0 radical (unpaired) electrons. The molecule has 0 spiro atoms. The lowest BCUT2D eigenvalue weighted by atomic mass is 9.96. The Balaban J connectivity index is 1.28. The van der Waals surface area contributed by atoms with Crippen LogP contribution in [0.5, 0.6) is 0 Å². The summed E-state index contributed by atoms with van der Waals surface area (Å²) in [5.74, 6) is -1.03. The molecule has 4 amide bonds. The van der Waals surface area contributed by atoms with Gasteiger partial charge in [-0.05, 0) is 49.6 Å². The molecule has 1 atom stereocenters. The lowest BCUT2D eigenvalue weighted by Crippen LogP contribution is -2.59. The second kappa shape index (κ2) is 8.92. The Kier molecular flexibility index (Phi) is 5.92. The van der Waals surface area contributed by atoms with E-state index >= 15 is 0 Å². The van der Waals surface area contributed by atoms with Gasteiger partial charge in [0.25, 0.3) is 11.8 Å². The number of piperidine rings is 1. The molecule has 2 aromatic rings. The molecule has 0 saturated carbocycles. The summed E-state index contributed by atoms with van der Waals surface area (Å²) in [4.78, 5) is 55.9. The van der Waals surface area contributed by atoms with E-state index < -0.39 is 11.9 Å². The van der Waals surface area contributed by atoms with Gasteiger partial charge in [-0.2, -0.15) is 0 Å². The monoisotopic (exact) mass is 474 g/mol. The Morgan fingerprint density at radius 1 is 1.06 bits per heavy atom. The maximum atomic E-state index is 13.4. The van der Waals surface area contributed by atoms with E-state index in [-0.39, 0.29) is 36.2 Å². The van der Waals surface area contributed by atoms with Crippen molar-refractivity contribution in [2.45, 2.75) is 51.4 Å². The van der Waals surface area contributed by atoms with Crippen LogP contribution in [0.2, 0.25) is 0 Å². The summed E-state index contributed by atoms with van der Waals surface area (Å²) >= 11 is 0. The SMILES string of the molecule is CC1(C)CN(C(=O)c2ccc3c(c2)CN(C2CCC(=O)NC2=O)C3=O)CCN1Cc1ccccc1. The highest BCUT2D eigenvalue weighted by Crippen LogP contribution is 2.30. The van der Waals surface area contributed by atoms with Gasteiger partial charge < -0.3 is 9.80 Å². The third-order valence-corrected chi connectivity index (χ3v) is 7.35. The molecule has 8 nitrogen and oxygen atoms in total. The van der Waals surface area contributed by atoms with Gasteiger partial charge in [0.1, 0.15) is 6.04 Å². The first-order chi connectivity index (χ1) is 16.7. The number of hydrogen-bond acceptors (Lipinski definition) is 5. The summed E-state index contributed by atoms with van der Waals surface area (Å²) in [6.45, 7) is 7.44. The summed E-state index contributed by atoms with van der Waals surface area (Å²) in [7, 11) is 0. The zero-order valence-corrected chi connectivity index (χ0v) is 20.1. The first kappa shape index (κ1) is 23.2. The van der Waals surface area contributed by atoms with Crippen molar-refractivity contribution in [2.24, 2.45) is 0 Å². The fourth-order valence-electron chi connectivity index (χ4n) is 5.35. The van der Waals surface area contributed by atoms with Crippen molar-refractivity contribution in [2.75, 3.05) is 19.6 Å². The van der Waals surface area contributed by atoms with Gasteiger partial charge in [-0.1, -0.05) is 30.3 Å². The summed E-state index contributed by atoms with van der Waals surface area (Å²) in [6.07, 6.45) is 0.533. The van der Waals surface area contributed by atoms with Crippen molar-refractivity contribution >= 4 is 23.6 Å². The van der Waals surface area contributed by atoms with Crippen LogP contribution in [-0.4, -0.2) is 69.5 Å². The smallest absolute Gasteiger partial charge is 0.255 e. The minimum atomic E-state index is -0.662. The van der Waals surface area contributed by atoms with Crippen molar-refractivity contribution in [3.8, 4) is 0 Å². The number of fused-ring (bicyclic) bond motifs is 1. The summed E-state index contributed by atoms with van der Waals surface area (Å²) in [5, 5.41) is 2.32. The van der Waals surface area contributed by atoms with Gasteiger partial charge in [-0.15, -0.1) is 0 Å². The number of benzene rings is 2. The highest BCUT2D eigenvalue weighted by molar-refractivity contribution is 6.06. The van der Waals surface area contributed by atoms with Crippen LogP contribution in [0.25, 0.3) is 0 Å². The zero-order chi connectivity index (χ0) is 24.7. The average Bonchev–Trinajstić information content (AvgIpc) is 3.16. The Labute approximate surface area is 204 Å². The molecule has 0 bridgehead atoms. The van der Waals surface area contributed by atoms with E-state index in [1.807, 2.05) is 23.1 Å². The highest BCUT2D eigenvalue weighted by atomic mass is 16.2. The van der Waals surface area contributed by atoms with Crippen LogP contribution in [0.1, 0.15) is 58.5 Å². The Hall–Kier alpha value is -3.52. The van der Waals surface area contributed by atoms with Gasteiger partial charge in [0.15, 0.2) is 0 Å². The number of carbonyl (C=O) groups is 4. The van der Waals surface area contributed by atoms with Crippen LogP contribution in [-0.2, 0) is 22.7 Å². The third kappa shape index (κ3) is 4.46. The molecule has 0 aliphatic carbocycles. The van der Waals surface area contributed by atoms with Gasteiger partial charge >= 0.3 is 0 Å². The molecular formula is C27H30N4O4. The van der Waals surface area contributed by atoms with Gasteiger partial charge in [0, 0.05) is 55.8 Å². The molecule has 2 fully saturated rings. The summed E-state index contributed by atoms with van der Waals surface area (Å²) in [5.41, 5.74) is 2.88. The average molecular weight is 475 g/mol.